The smallest absolute Gasteiger partial charge is 0.0754 e. The fourth-order valence-electron chi connectivity index (χ4n) is 7.87. The molecule has 0 spiro atoms. The van der Waals surface area contributed by atoms with E-state index < -0.39 is 0 Å². The molecule has 0 bridgehead atoms. The molecule has 3 unspecified atom stereocenters. The van der Waals surface area contributed by atoms with Crippen LogP contribution in [0.1, 0.15) is 85.5 Å². The van der Waals surface area contributed by atoms with Crippen LogP contribution in [0.5, 0.6) is 0 Å². The summed E-state index contributed by atoms with van der Waals surface area (Å²) in [6.07, 6.45) is 16.8. The van der Waals surface area contributed by atoms with E-state index in [-0.39, 0.29) is 12.2 Å². The summed E-state index contributed by atoms with van der Waals surface area (Å²) >= 11 is 0. The highest BCUT2D eigenvalue weighted by Crippen LogP contribution is 2.66. The Morgan fingerprint density at radius 2 is 1.89 bits per heavy atom. The third kappa shape index (κ3) is 3.33. The predicted octanol–water partition coefficient (Wildman–Crippen LogP) is 5.89. The van der Waals surface area contributed by atoms with E-state index in [1.54, 1.807) is 5.57 Å². The van der Waals surface area contributed by atoms with Gasteiger partial charge in [0.2, 0.25) is 0 Å². The molecule has 8 atom stereocenters. The Kier molecular flexibility index (Phi) is 5.59. The summed E-state index contributed by atoms with van der Waals surface area (Å²) in [7, 11) is 0. The topological polar surface area (TPSA) is 40.5 Å². The van der Waals surface area contributed by atoms with Crippen LogP contribution in [0.3, 0.4) is 0 Å². The minimum Gasteiger partial charge on any atom is -0.393 e. The molecule has 0 saturated heterocycles. The second kappa shape index (κ2) is 7.58. The van der Waals surface area contributed by atoms with Crippen LogP contribution in [0.25, 0.3) is 0 Å². The molecular weight excluding hydrogens is 344 g/mol. The number of hydrogen-bond donors (Lipinski definition) is 2. The number of aliphatic hydroxyl groups excluding tert-OH is 2. The molecule has 3 fully saturated rings. The van der Waals surface area contributed by atoms with Crippen LogP contribution in [0.15, 0.2) is 23.8 Å². The van der Waals surface area contributed by atoms with Crippen LogP contribution in [0.4, 0.5) is 0 Å². The molecule has 0 aromatic heterocycles. The van der Waals surface area contributed by atoms with Gasteiger partial charge in [-0.05, 0) is 98.2 Å². The normalized spacial score (nSPS) is 46.8. The van der Waals surface area contributed by atoms with Gasteiger partial charge in [0.05, 0.1) is 12.2 Å². The Hall–Kier alpha value is -0.600. The molecule has 158 valence electrons. The molecule has 4 rings (SSSR count). The largest absolute Gasteiger partial charge is 0.393 e. The first-order valence-corrected chi connectivity index (χ1v) is 12.0. The van der Waals surface area contributed by atoms with Gasteiger partial charge in [-0.2, -0.15) is 0 Å². The van der Waals surface area contributed by atoms with E-state index in [1.165, 1.54) is 32.1 Å². The summed E-state index contributed by atoms with van der Waals surface area (Å²) in [5.41, 5.74) is 2.16. The van der Waals surface area contributed by atoms with E-state index in [0.29, 0.717) is 22.7 Å². The van der Waals surface area contributed by atoms with Crippen molar-refractivity contribution in [2.75, 3.05) is 0 Å². The average Bonchev–Trinajstić information content (AvgIpc) is 2.99. The molecule has 0 aliphatic heterocycles. The number of aliphatic hydroxyl groups is 2. The van der Waals surface area contributed by atoms with E-state index in [9.17, 15) is 10.2 Å². The third-order valence-corrected chi connectivity index (χ3v) is 9.50. The van der Waals surface area contributed by atoms with Crippen molar-refractivity contribution in [1.29, 1.82) is 0 Å². The molecule has 2 N–H and O–H groups in total. The first-order chi connectivity index (χ1) is 13.3. The molecule has 0 amide bonds. The molecule has 4 aliphatic carbocycles. The lowest BCUT2D eigenvalue weighted by Gasteiger charge is -2.58. The van der Waals surface area contributed by atoms with Gasteiger partial charge < -0.3 is 10.2 Å². The molecule has 0 aromatic carbocycles. The second-order valence-electron chi connectivity index (χ2n) is 11.4. The lowest BCUT2D eigenvalue weighted by atomic mass is 9.47. The lowest BCUT2D eigenvalue weighted by molar-refractivity contribution is -0.0639. The van der Waals surface area contributed by atoms with Gasteiger partial charge in [-0.25, -0.2) is 0 Å². The van der Waals surface area contributed by atoms with Gasteiger partial charge >= 0.3 is 0 Å². The molecule has 2 nitrogen and oxygen atoms in total. The van der Waals surface area contributed by atoms with E-state index >= 15 is 0 Å². The maximum Gasteiger partial charge on any atom is 0.0754 e. The van der Waals surface area contributed by atoms with Gasteiger partial charge in [-0.1, -0.05) is 51.5 Å². The summed E-state index contributed by atoms with van der Waals surface area (Å²) in [5.74, 6) is 3.40. The molecular formula is C26H42O2. The van der Waals surface area contributed by atoms with Gasteiger partial charge in [-0.15, -0.1) is 0 Å². The Bertz CT molecular complexity index is 634. The summed E-state index contributed by atoms with van der Waals surface area (Å²) in [4.78, 5) is 0. The third-order valence-electron chi connectivity index (χ3n) is 9.50. The first-order valence-electron chi connectivity index (χ1n) is 12.0. The fourth-order valence-corrected chi connectivity index (χ4v) is 7.87. The first kappa shape index (κ1) is 20.7. The second-order valence-corrected chi connectivity index (χ2v) is 11.4. The van der Waals surface area contributed by atoms with E-state index in [0.717, 1.165) is 43.4 Å². The molecule has 28 heavy (non-hydrogen) atoms. The quantitative estimate of drug-likeness (QED) is 0.591. The number of fused-ring (bicyclic) bond motifs is 5. The molecule has 0 radical (unpaired) electrons. The van der Waals surface area contributed by atoms with Crippen molar-refractivity contribution in [1.82, 2.24) is 0 Å². The van der Waals surface area contributed by atoms with Crippen molar-refractivity contribution < 1.29 is 10.2 Å². The van der Waals surface area contributed by atoms with Crippen molar-refractivity contribution in [3.63, 3.8) is 0 Å². The predicted molar refractivity (Wildman–Crippen MR) is 116 cm³/mol. The van der Waals surface area contributed by atoms with Crippen LogP contribution in [-0.2, 0) is 0 Å². The Morgan fingerprint density at radius 1 is 1.11 bits per heavy atom. The van der Waals surface area contributed by atoms with Crippen molar-refractivity contribution in [3.8, 4) is 0 Å². The number of hydrogen-bond acceptors (Lipinski definition) is 2. The van der Waals surface area contributed by atoms with Crippen molar-refractivity contribution in [2.45, 2.75) is 97.7 Å². The van der Waals surface area contributed by atoms with Gasteiger partial charge in [0.15, 0.2) is 0 Å². The van der Waals surface area contributed by atoms with E-state index in [4.69, 9.17) is 0 Å². The highest BCUT2D eigenvalue weighted by Gasteiger charge is 2.59. The Balaban J connectivity index is 1.53. The average molecular weight is 387 g/mol. The van der Waals surface area contributed by atoms with Crippen LogP contribution < -0.4 is 0 Å². The zero-order valence-electron chi connectivity index (χ0n) is 18.5. The molecule has 0 heterocycles. The van der Waals surface area contributed by atoms with Crippen molar-refractivity contribution in [3.05, 3.63) is 23.8 Å². The lowest BCUT2D eigenvalue weighted by Crippen LogP contribution is -2.51. The minimum absolute atomic E-state index is 0.117. The highest BCUT2D eigenvalue weighted by molar-refractivity contribution is 5.25. The highest BCUT2D eigenvalue weighted by atomic mass is 16.3. The fraction of sp³-hybridized carbons (Fsp3) is 0.846. The SMILES string of the molecule is CC(C)C/C=C/C(O)C1CC[C@H]2C3CC=C4C[C@@H](O)CC[C@]4(C)[C@H]3CC[C@]12C. The van der Waals surface area contributed by atoms with Gasteiger partial charge in [-0.3, -0.25) is 0 Å². The summed E-state index contributed by atoms with van der Waals surface area (Å²) < 4.78 is 0. The van der Waals surface area contributed by atoms with Gasteiger partial charge in [0.1, 0.15) is 0 Å². The zero-order chi connectivity index (χ0) is 20.1. The minimum atomic E-state index is -0.277. The Labute approximate surface area is 172 Å². The monoisotopic (exact) mass is 386 g/mol. The van der Waals surface area contributed by atoms with Gasteiger partial charge in [0, 0.05) is 0 Å². The molecule has 4 aliphatic rings. The van der Waals surface area contributed by atoms with Crippen LogP contribution in [-0.4, -0.2) is 22.4 Å². The molecule has 0 aromatic rings. The van der Waals surface area contributed by atoms with Crippen LogP contribution in [0.2, 0.25) is 0 Å². The Morgan fingerprint density at radius 3 is 2.64 bits per heavy atom. The van der Waals surface area contributed by atoms with Crippen LogP contribution >= 0.6 is 0 Å². The maximum absolute atomic E-state index is 11.0. The van der Waals surface area contributed by atoms with Crippen molar-refractivity contribution in [2.24, 2.45) is 40.4 Å². The standard InChI is InChI=1S/C26H42O2/c1-17(2)6-5-7-24(28)23-11-10-21-20-9-8-18-16-19(27)12-14-25(18,3)22(20)13-15-26(21,23)4/h5,7-8,17,19-24,27-28H,6,9-16H2,1-4H3/b7-5+/t19-,20?,21-,22-,23?,24?,25-,26-/m0/s1. The number of rotatable bonds is 4. The summed E-state index contributed by atoms with van der Waals surface area (Å²) in [6, 6.07) is 0. The van der Waals surface area contributed by atoms with Crippen molar-refractivity contribution >= 4 is 0 Å². The summed E-state index contributed by atoms with van der Waals surface area (Å²) in [6.45, 7) is 9.47. The molecule has 2 heteroatoms. The van der Waals surface area contributed by atoms with E-state index in [2.05, 4.69) is 45.9 Å². The maximum atomic E-state index is 11.0. The number of allylic oxidation sites excluding steroid dienone is 2. The summed E-state index contributed by atoms with van der Waals surface area (Å²) in [5, 5.41) is 21.2. The zero-order valence-corrected chi connectivity index (χ0v) is 18.5. The van der Waals surface area contributed by atoms with Gasteiger partial charge in [0.25, 0.3) is 0 Å². The molecule has 3 saturated carbocycles. The van der Waals surface area contributed by atoms with E-state index in [1.807, 2.05) is 0 Å². The van der Waals surface area contributed by atoms with Crippen LogP contribution in [0, 0.1) is 40.4 Å².